The highest BCUT2D eigenvalue weighted by Crippen LogP contribution is 2.22. The number of hydrogen-bond donors (Lipinski definition) is 2. The van der Waals surface area contributed by atoms with Crippen LogP contribution >= 0.6 is 11.6 Å². The molecule has 0 spiro atoms. The van der Waals surface area contributed by atoms with Crippen molar-refractivity contribution in [3.05, 3.63) is 59.1 Å². The maximum absolute atomic E-state index is 12.4. The highest BCUT2D eigenvalue weighted by atomic mass is 35.5. The van der Waals surface area contributed by atoms with Crippen LogP contribution in [0.5, 0.6) is 0 Å². The van der Waals surface area contributed by atoms with Gasteiger partial charge in [-0.15, -0.1) is 0 Å². The summed E-state index contributed by atoms with van der Waals surface area (Å²) in [5, 5.41) is 5.78. The zero-order valence-corrected chi connectivity index (χ0v) is 14.3. The van der Waals surface area contributed by atoms with Gasteiger partial charge in [0, 0.05) is 18.0 Å². The Kier molecular flexibility index (Phi) is 6.35. The molecular formula is C18H19ClN2O3. The molecular weight excluding hydrogens is 328 g/mol. The number of hydrogen-bond acceptors (Lipinski definition) is 3. The number of amides is 2. The number of halogens is 1. The quantitative estimate of drug-likeness (QED) is 0.832. The molecule has 24 heavy (non-hydrogen) atoms. The van der Waals surface area contributed by atoms with E-state index in [-0.39, 0.29) is 17.4 Å². The van der Waals surface area contributed by atoms with Gasteiger partial charge in [-0.1, -0.05) is 29.8 Å². The van der Waals surface area contributed by atoms with E-state index in [0.717, 1.165) is 0 Å². The second-order valence-electron chi connectivity index (χ2n) is 5.10. The largest absolute Gasteiger partial charge is 0.369 e. The van der Waals surface area contributed by atoms with Crippen molar-refractivity contribution in [1.29, 1.82) is 0 Å². The molecule has 0 aliphatic rings. The molecule has 1 unspecified atom stereocenters. The summed E-state index contributed by atoms with van der Waals surface area (Å²) in [5.74, 6) is -0.631. The van der Waals surface area contributed by atoms with Crippen LogP contribution in [0.15, 0.2) is 48.5 Å². The fraction of sp³-hybridized carbons (Fsp3) is 0.222. The summed E-state index contributed by atoms with van der Waals surface area (Å²) in [6.45, 7) is 3.93. The molecule has 0 aliphatic carbocycles. The predicted octanol–water partition coefficient (Wildman–Crippen LogP) is 3.96. The zero-order chi connectivity index (χ0) is 17.5. The highest BCUT2D eigenvalue weighted by Gasteiger charge is 2.15. The number of benzene rings is 2. The molecule has 2 amide bonds. The summed E-state index contributed by atoms with van der Waals surface area (Å²) in [6.07, 6.45) is -0.577. The molecule has 0 aliphatic heterocycles. The maximum atomic E-state index is 12.4. The van der Waals surface area contributed by atoms with Crippen LogP contribution in [0, 0.1) is 0 Å². The first kappa shape index (κ1) is 18.0. The van der Waals surface area contributed by atoms with E-state index in [1.54, 1.807) is 31.2 Å². The first-order chi connectivity index (χ1) is 11.5. The third-order valence-electron chi connectivity index (χ3n) is 3.30. The van der Waals surface area contributed by atoms with Crippen molar-refractivity contribution in [1.82, 2.24) is 0 Å². The van der Waals surface area contributed by atoms with Crippen molar-refractivity contribution in [3.8, 4) is 0 Å². The number of ether oxygens (including phenoxy) is 1. The summed E-state index contributed by atoms with van der Waals surface area (Å²) in [6, 6.07) is 13.8. The standard InChI is InChI=1S/C18H19ClN2O3/c1-3-24-12(2)17(22)21-14-9-10-16(19)15(11-14)18(23)20-13-7-5-4-6-8-13/h4-12H,3H2,1-2H3,(H,20,23)(H,21,22). The van der Waals surface area contributed by atoms with Gasteiger partial charge in [0.05, 0.1) is 10.6 Å². The molecule has 2 aromatic rings. The van der Waals surface area contributed by atoms with E-state index in [1.807, 2.05) is 25.1 Å². The average Bonchev–Trinajstić information content (AvgIpc) is 2.57. The van der Waals surface area contributed by atoms with Crippen molar-refractivity contribution < 1.29 is 14.3 Å². The molecule has 126 valence electrons. The van der Waals surface area contributed by atoms with Crippen molar-refractivity contribution in [2.75, 3.05) is 17.2 Å². The van der Waals surface area contributed by atoms with E-state index in [2.05, 4.69) is 10.6 Å². The van der Waals surface area contributed by atoms with Crippen LogP contribution in [0.3, 0.4) is 0 Å². The Morgan fingerprint density at radius 3 is 2.46 bits per heavy atom. The molecule has 0 bridgehead atoms. The molecule has 2 N–H and O–H groups in total. The van der Waals surface area contributed by atoms with Gasteiger partial charge >= 0.3 is 0 Å². The van der Waals surface area contributed by atoms with Crippen LogP contribution in [-0.4, -0.2) is 24.5 Å². The van der Waals surface area contributed by atoms with Gasteiger partial charge in [0.15, 0.2) is 0 Å². The topological polar surface area (TPSA) is 67.4 Å². The van der Waals surface area contributed by atoms with E-state index in [4.69, 9.17) is 16.3 Å². The zero-order valence-electron chi connectivity index (χ0n) is 13.5. The first-order valence-electron chi connectivity index (χ1n) is 7.59. The number of rotatable bonds is 6. The second-order valence-corrected chi connectivity index (χ2v) is 5.51. The number of nitrogens with one attached hydrogen (secondary N) is 2. The van der Waals surface area contributed by atoms with Gasteiger partial charge in [-0.2, -0.15) is 0 Å². The summed E-state index contributed by atoms with van der Waals surface area (Å²) >= 11 is 6.11. The van der Waals surface area contributed by atoms with Crippen molar-refractivity contribution in [2.24, 2.45) is 0 Å². The van der Waals surface area contributed by atoms with E-state index in [9.17, 15) is 9.59 Å². The molecule has 2 rings (SSSR count). The lowest BCUT2D eigenvalue weighted by Gasteiger charge is -2.13. The van der Waals surface area contributed by atoms with Gasteiger partial charge in [0.25, 0.3) is 11.8 Å². The Labute approximate surface area is 146 Å². The third-order valence-corrected chi connectivity index (χ3v) is 3.63. The van der Waals surface area contributed by atoms with Gasteiger partial charge in [-0.25, -0.2) is 0 Å². The molecule has 1 atom stereocenters. The highest BCUT2D eigenvalue weighted by molar-refractivity contribution is 6.34. The Morgan fingerprint density at radius 2 is 1.79 bits per heavy atom. The summed E-state index contributed by atoms with van der Waals surface area (Å²) in [5.41, 5.74) is 1.43. The van der Waals surface area contributed by atoms with E-state index < -0.39 is 6.10 Å². The normalized spacial score (nSPS) is 11.6. The van der Waals surface area contributed by atoms with Crippen molar-refractivity contribution >= 4 is 34.8 Å². The Bertz CT molecular complexity index is 719. The SMILES string of the molecule is CCOC(C)C(=O)Nc1ccc(Cl)c(C(=O)Nc2ccccc2)c1. The number of carbonyl (C=O) groups is 2. The minimum atomic E-state index is -0.577. The van der Waals surface area contributed by atoms with Crippen LogP contribution in [0.1, 0.15) is 24.2 Å². The molecule has 0 saturated carbocycles. The second kappa shape index (κ2) is 8.47. The van der Waals surface area contributed by atoms with Crippen LogP contribution < -0.4 is 10.6 Å². The molecule has 0 radical (unpaired) electrons. The molecule has 2 aromatic carbocycles. The van der Waals surface area contributed by atoms with Crippen LogP contribution in [0.4, 0.5) is 11.4 Å². The average molecular weight is 347 g/mol. The van der Waals surface area contributed by atoms with Gasteiger partial charge < -0.3 is 15.4 Å². The Balaban J connectivity index is 2.13. The lowest BCUT2D eigenvalue weighted by molar-refractivity contribution is -0.126. The molecule has 0 saturated heterocycles. The van der Waals surface area contributed by atoms with E-state index in [1.165, 1.54) is 6.07 Å². The van der Waals surface area contributed by atoms with Crippen LogP contribution in [0.2, 0.25) is 5.02 Å². The Morgan fingerprint density at radius 1 is 1.08 bits per heavy atom. The van der Waals surface area contributed by atoms with Gasteiger partial charge in [-0.3, -0.25) is 9.59 Å². The minimum absolute atomic E-state index is 0.280. The first-order valence-corrected chi connectivity index (χ1v) is 7.97. The summed E-state index contributed by atoms with van der Waals surface area (Å²) in [7, 11) is 0. The molecule has 5 nitrogen and oxygen atoms in total. The summed E-state index contributed by atoms with van der Waals surface area (Å²) in [4.78, 5) is 24.4. The van der Waals surface area contributed by atoms with Gasteiger partial charge in [-0.05, 0) is 44.2 Å². The van der Waals surface area contributed by atoms with Crippen molar-refractivity contribution in [2.45, 2.75) is 20.0 Å². The maximum Gasteiger partial charge on any atom is 0.257 e. The molecule has 0 heterocycles. The number of anilines is 2. The van der Waals surface area contributed by atoms with Gasteiger partial charge in [0.1, 0.15) is 6.10 Å². The van der Waals surface area contributed by atoms with Crippen LogP contribution in [-0.2, 0) is 9.53 Å². The fourth-order valence-corrected chi connectivity index (χ4v) is 2.27. The number of carbonyl (C=O) groups excluding carboxylic acids is 2. The smallest absolute Gasteiger partial charge is 0.257 e. The van der Waals surface area contributed by atoms with E-state index >= 15 is 0 Å². The minimum Gasteiger partial charge on any atom is -0.369 e. The molecule has 6 heteroatoms. The predicted molar refractivity (Wildman–Crippen MR) is 95.6 cm³/mol. The lowest BCUT2D eigenvalue weighted by Crippen LogP contribution is -2.27. The van der Waals surface area contributed by atoms with Crippen LogP contribution in [0.25, 0.3) is 0 Å². The third kappa shape index (κ3) is 4.81. The van der Waals surface area contributed by atoms with Gasteiger partial charge in [0.2, 0.25) is 0 Å². The van der Waals surface area contributed by atoms with Crippen molar-refractivity contribution in [3.63, 3.8) is 0 Å². The van der Waals surface area contributed by atoms with E-state index in [0.29, 0.717) is 23.0 Å². The monoisotopic (exact) mass is 346 g/mol. The fourth-order valence-electron chi connectivity index (χ4n) is 2.07. The summed E-state index contributed by atoms with van der Waals surface area (Å²) < 4.78 is 5.24. The molecule has 0 aromatic heterocycles. The number of para-hydroxylation sites is 1. The molecule has 0 fully saturated rings. The lowest BCUT2D eigenvalue weighted by atomic mass is 10.1. The Hall–Kier alpha value is -2.37.